The molecule has 5 nitrogen and oxygen atoms in total. The zero-order valence-corrected chi connectivity index (χ0v) is 10.8. The van der Waals surface area contributed by atoms with Gasteiger partial charge in [-0.15, -0.1) is 10.2 Å². The first-order valence-corrected chi connectivity index (χ1v) is 6.56. The fourth-order valence-electron chi connectivity index (χ4n) is 2.95. The third-order valence-electron chi connectivity index (χ3n) is 4.04. The lowest BCUT2D eigenvalue weighted by atomic mass is 10.0. The molecule has 0 saturated carbocycles. The largest absolute Gasteiger partial charge is 0.311 e. The van der Waals surface area contributed by atoms with Crippen molar-refractivity contribution in [3.05, 3.63) is 11.6 Å². The second-order valence-corrected chi connectivity index (χ2v) is 5.36. The van der Waals surface area contributed by atoms with Gasteiger partial charge in [-0.25, -0.2) is 0 Å². The topological polar surface area (TPSA) is 37.2 Å². The van der Waals surface area contributed by atoms with Crippen LogP contribution in [0.2, 0.25) is 0 Å². The first-order chi connectivity index (χ1) is 8.25. The molecule has 1 saturated heterocycles. The van der Waals surface area contributed by atoms with Gasteiger partial charge < -0.3 is 4.57 Å². The molecule has 0 radical (unpaired) electrons. The standard InChI is InChI=1S/C12H21N5/c1-15-7-8-17-11(9-15)13-14-12(17)10-5-3-4-6-16(10)2/h10H,3-9H2,1-2H3. The van der Waals surface area contributed by atoms with Crippen LogP contribution in [-0.4, -0.2) is 51.7 Å². The third kappa shape index (κ3) is 1.98. The summed E-state index contributed by atoms with van der Waals surface area (Å²) in [5.41, 5.74) is 0. The summed E-state index contributed by atoms with van der Waals surface area (Å²) >= 11 is 0. The van der Waals surface area contributed by atoms with Crippen LogP contribution < -0.4 is 0 Å². The van der Waals surface area contributed by atoms with Crippen LogP contribution in [0.4, 0.5) is 0 Å². The minimum absolute atomic E-state index is 0.480. The van der Waals surface area contributed by atoms with Crippen LogP contribution in [0, 0.1) is 0 Å². The Bertz CT molecular complexity index is 400. The van der Waals surface area contributed by atoms with E-state index in [-0.39, 0.29) is 0 Å². The van der Waals surface area contributed by atoms with Gasteiger partial charge in [-0.3, -0.25) is 9.80 Å². The highest BCUT2D eigenvalue weighted by Gasteiger charge is 2.28. The van der Waals surface area contributed by atoms with Crippen LogP contribution >= 0.6 is 0 Å². The highest BCUT2D eigenvalue weighted by Crippen LogP contribution is 2.29. The highest BCUT2D eigenvalue weighted by molar-refractivity contribution is 5.04. The molecule has 94 valence electrons. The molecule has 0 aromatic carbocycles. The van der Waals surface area contributed by atoms with E-state index in [2.05, 4.69) is 38.7 Å². The van der Waals surface area contributed by atoms with Gasteiger partial charge in [0.05, 0.1) is 12.6 Å². The molecule has 17 heavy (non-hydrogen) atoms. The first kappa shape index (κ1) is 11.2. The minimum atomic E-state index is 0.480. The van der Waals surface area contributed by atoms with Crippen molar-refractivity contribution in [1.29, 1.82) is 0 Å². The van der Waals surface area contributed by atoms with E-state index in [0.717, 1.165) is 25.5 Å². The Kier molecular flexibility index (Phi) is 2.88. The number of hydrogen-bond acceptors (Lipinski definition) is 4. The normalized spacial score (nSPS) is 27.1. The quantitative estimate of drug-likeness (QED) is 0.724. The first-order valence-electron chi connectivity index (χ1n) is 6.56. The van der Waals surface area contributed by atoms with Crippen molar-refractivity contribution in [2.75, 3.05) is 27.2 Å². The van der Waals surface area contributed by atoms with Gasteiger partial charge in [0.1, 0.15) is 11.6 Å². The van der Waals surface area contributed by atoms with Crippen molar-refractivity contribution in [2.24, 2.45) is 0 Å². The van der Waals surface area contributed by atoms with Crippen molar-refractivity contribution < 1.29 is 0 Å². The Balaban J connectivity index is 1.88. The van der Waals surface area contributed by atoms with E-state index < -0.39 is 0 Å². The van der Waals surface area contributed by atoms with Crippen molar-refractivity contribution in [2.45, 2.75) is 38.4 Å². The van der Waals surface area contributed by atoms with Gasteiger partial charge in [-0.05, 0) is 33.5 Å². The van der Waals surface area contributed by atoms with Crippen molar-refractivity contribution in [3.63, 3.8) is 0 Å². The fourth-order valence-corrected chi connectivity index (χ4v) is 2.95. The molecule has 0 aliphatic carbocycles. The molecular formula is C12H21N5. The summed E-state index contributed by atoms with van der Waals surface area (Å²) < 4.78 is 2.34. The van der Waals surface area contributed by atoms with E-state index in [9.17, 15) is 0 Å². The van der Waals surface area contributed by atoms with Gasteiger partial charge in [0.2, 0.25) is 0 Å². The molecule has 2 aliphatic heterocycles. The summed E-state index contributed by atoms with van der Waals surface area (Å²) in [6.07, 6.45) is 3.86. The van der Waals surface area contributed by atoms with Crippen molar-refractivity contribution in [1.82, 2.24) is 24.6 Å². The van der Waals surface area contributed by atoms with Gasteiger partial charge in [0.15, 0.2) is 0 Å². The molecule has 3 rings (SSSR count). The molecule has 3 heterocycles. The Labute approximate surface area is 102 Å². The van der Waals surface area contributed by atoms with E-state index in [1.165, 1.54) is 31.6 Å². The average molecular weight is 235 g/mol. The van der Waals surface area contributed by atoms with Gasteiger partial charge in [-0.1, -0.05) is 6.42 Å². The summed E-state index contributed by atoms with van der Waals surface area (Å²) in [4.78, 5) is 4.73. The Morgan fingerprint density at radius 3 is 2.76 bits per heavy atom. The minimum Gasteiger partial charge on any atom is -0.311 e. The zero-order chi connectivity index (χ0) is 11.8. The van der Waals surface area contributed by atoms with Crippen LogP contribution in [0.15, 0.2) is 0 Å². The highest BCUT2D eigenvalue weighted by atomic mass is 15.4. The number of rotatable bonds is 1. The molecule has 1 atom stereocenters. The van der Waals surface area contributed by atoms with E-state index in [0.29, 0.717) is 6.04 Å². The van der Waals surface area contributed by atoms with Gasteiger partial charge in [0.25, 0.3) is 0 Å². The number of piperidine rings is 1. The van der Waals surface area contributed by atoms with Crippen LogP contribution in [0.25, 0.3) is 0 Å². The number of fused-ring (bicyclic) bond motifs is 1. The van der Waals surface area contributed by atoms with Gasteiger partial charge >= 0.3 is 0 Å². The zero-order valence-electron chi connectivity index (χ0n) is 10.8. The summed E-state index contributed by atoms with van der Waals surface area (Å²) in [6.45, 7) is 4.27. The lowest BCUT2D eigenvalue weighted by Gasteiger charge is -2.33. The predicted octanol–water partition coefficient (Wildman–Crippen LogP) is 0.880. The van der Waals surface area contributed by atoms with Crippen LogP contribution in [-0.2, 0) is 13.1 Å². The average Bonchev–Trinajstić information content (AvgIpc) is 2.72. The van der Waals surface area contributed by atoms with E-state index in [1.807, 2.05) is 0 Å². The van der Waals surface area contributed by atoms with Crippen LogP contribution in [0.3, 0.4) is 0 Å². The van der Waals surface area contributed by atoms with E-state index in [4.69, 9.17) is 0 Å². The van der Waals surface area contributed by atoms with E-state index >= 15 is 0 Å². The summed E-state index contributed by atoms with van der Waals surface area (Å²) in [5, 5.41) is 8.81. The maximum Gasteiger partial charge on any atom is 0.150 e. The summed E-state index contributed by atoms with van der Waals surface area (Å²) in [5.74, 6) is 2.32. The molecule has 1 fully saturated rings. The van der Waals surface area contributed by atoms with Crippen LogP contribution in [0.5, 0.6) is 0 Å². The Morgan fingerprint density at radius 1 is 1.06 bits per heavy atom. The molecule has 0 spiro atoms. The monoisotopic (exact) mass is 235 g/mol. The fraction of sp³-hybridized carbons (Fsp3) is 0.833. The van der Waals surface area contributed by atoms with Crippen LogP contribution in [0.1, 0.15) is 37.0 Å². The number of aromatic nitrogens is 3. The molecule has 1 aromatic rings. The maximum atomic E-state index is 4.45. The summed E-state index contributed by atoms with van der Waals surface area (Å²) in [6, 6.07) is 0.480. The van der Waals surface area contributed by atoms with Gasteiger partial charge in [-0.2, -0.15) is 0 Å². The summed E-state index contributed by atoms with van der Waals surface area (Å²) in [7, 11) is 4.35. The predicted molar refractivity (Wildman–Crippen MR) is 65.6 cm³/mol. The van der Waals surface area contributed by atoms with Crippen molar-refractivity contribution >= 4 is 0 Å². The lowest BCUT2D eigenvalue weighted by Crippen LogP contribution is -2.35. The molecule has 0 bridgehead atoms. The molecular weight excluding hydrogens is 214 g/mol. The number of likely N-dealkylation sites (N-methyl/N-ethyl adjacent to an activating group) is 1. The second-order valence-electron chi connectivity index (χ2n) is 5.36. The van der Waals surface area contributed by atoms with E-state index in [1.54, 1.807) is 0 Å². The smallest absolute Gasteiger partial charge is 0.150 e. The SMILES string of the molecule is CN1CCn2c(nnc2C2CCCCN2C)C1. The molecule has 1 aromatic heterocycles. The Hall–Kier alpha value is -0.940. The second kappa shape index (κ2) is 4.38. The van der Waals surface area contributed by atoms with Gasteiger partial charge in [0, 0.05) is 13.1 Å². The lowest BCUT2D eigenvalue weighted by molar-refractivity contribution is 0.170. The Morgan fingerprint density at radius 2 is 1.94 bits per heavy atom. The van der Waals surface area contributed by atoms with Crippen molar-refractivity contribution in [3.8, 4) is 0 Å². The molecule has 2 aliphatic rings. The molecule has 0 amide bonds. The number of hydrogen-bond donors (Lipinski definition) is 0. The maximum absolute atomic E-state index is 4.45. The molecule has 1 unspecified atom stereocenters. The number of nitrogens with zero attached hydrogens (tertiary/aromatic N) is 5. The molecule has 0 N–H and O–H groups in total. The number of likely N-dealkylation sites (tertiary alicyclic amines) is 1. The third-order valence-corrected chi connectivity index (χ3v) is 4.04. The molecule has 5 heteroatoms.